The number of nitrogens with zero attached hydrogens (tertiary/aromatic N) is 1. The summed E-state index contributed by atoms with van der Waals surface area (Å²) in [7, 11) is 0. The molecular formula is C12H18NO2WY-. The summed E-state index contributed by atoms with van der Waals surface area (Å²) in [6.07, 6.45) is 1.74. The van der Waals surface area contributed by atoms with Crippen LogP contribution in [-0.4, -0.2) is 23.7 Å². The second-order valence-electron chi connectivity index (χ2n) is 5.71. The summed E-state index contributed by atoms with van der Waals surface area (Å²) in [6, 6.07) is 0. The van der Waals surface area contributed by atoms with Crippen LogP contribution in [-0.2, 0) is 63.3 Å². The van der Waals surface area contributed by atoms with Gasteiger partial charge in [0.15, 0.2) is 0 Å². The summed E-state index contributed by atoms with van der Waals surface area (Å²) < 4.78 is 5.65. The number of hydrogen-bond donors (Lipinski definition) is 0. The van der Waals surface area contributed by atoms with Crippen molar-refractivity contribution in [3.05, 3.63) is 5.32 Å². The molecule has 3 rings (SSSR count). The fourth-order valence-corrected chi connectivity index (χ4v) is 3.70. The Bertz CT molecular complexity index is 324. The van der Waals surface area contributed by atoms with Crippen molar-refractivity contribution in [3.8, 4) is 0 Å². The van der Waals surface area contributed by atoms with Crippen molar-refractivity contribution in [3.63, 3.8) is 0 Å². The Hall–Kier alpha value is 1.22. The van der Waals surface area contributed by atoms with Crippen molar-refractivity contribution in [2.75, 3.05) is 6.61 Å². The number of rotatable bonds is 0. The van der Waals surface area contributed by atoms with Crippen LogP contribution in [0.2, 0.25) is 0 Å². The van der Waals surface area contributed by atoms with Crippen molar-refractivity contribution in [1.29, 1.82) is 0 Å². The third kappa shape index (κ3) is 2.14. The third-order valence-electron chi connectivity index (χ3n) is 5.16. The third-order valence-corrected chi connectivity index (χ3v) is 5.16. The molecule has 2 unspecified atom stereocenters. The zero-order chi connectivity index (χ0) is 10.8. The van der Waals surface area contributed by atoms with Gasteiger partial charge < -0.3 is 14.8 Å². The van der Waals surface area contributed by atoms with Gasteiger partial charge >= 0.3 is 0 Å². The predicted molar refractivity (Wildman–Crippen MR) is 56.5 cm³/mol. The molecule has 2 spiro atoms. The molecule has 1 aliphatic carbocycles. The number of carbonyl (C=O) groups is 1. The number of amides is 1. The molecule has 17 heavy (non-hydrogen) atoms. The first kappa shape index (κ1) is 16.3. The van der Waals surface area contributed by atoms with Crippen molar-refractivity contribution < 1.29 is 63.3 Å². The quantitative estimate of drug-likeness (QED) is 0.394. The Kier molecular flexibility index (Phi) is 4.75. The Morgan fingerprint density at radius 1 is 1.29 bits per heavy atom. The van der Waals surface area contributed by atoms with Crippen LogP contribution in [0.4, 0.5) is 0 Å². The molecule has 0 aromatic heterocycles. The van der Waals surface area contributed by atoms with Crippen LogP contribution < -0.4 is 0 Å². The first-order chi connectivity index (χ1) is 7.00. The Balaban J connectivity index is 0.000000722. The maximum absolute atomic E-state index is 11.1. The number of carbonyl (C=O) groups excluding carboxylic acids is 1. The summed E-state index contributed by atoms with van der Waals surface area (Å²) in [5, 5.41) is 4.32. The van der Waals surface area contributed by atoms with Crippen molar-refractivity contribution in [1.82, 2.24) is 0 Å². The van der Waals surface area contributed by atoms with Gasteiger partial charge in [0.25, 0.3) is 0 Å². The summed E-state index contributed by atoms with van der Waals surface area (Å²) >= 11 is 0. The molecule has 93 valence electrons. The summed E-state index contributed by atoms with van der Waals surface area (Å²) in [5.41, 5.74) is 0.0892. The molecule has 3 nitrogen and oxygen atoms in total. The van der Waals surface area contributed by atoms with Gasteiger partial charge in [0.1, 0.15) is 0 Å². The number of hydrogen-bond acceptors (Lipinski definition) is 2. The molecule has 2 saturated heterocycles. The van der Waals surface area contributed by atoms with Gasteiger partial charge in [-0.15, -0.1) is 0 Å². The smallest absolute Gasteiger partial charge is 0.0946 e. The van der Waals surface area contributed by atoms with E-state index < -0.39 is 0 Å². The minimum absolute atomic E-state index is 0. The van der Waals surface area contributed by atoms with Gasteiger partial charge in [-0.25, -0.2) is 0 Å². The van der Waals surface area contributed by atoms with Crippen LogP contribution in [0, 0.1) is 17.8 Å². The SMILES string of the molecule is CC1C[C@]2(CO2)[C@@H](C)[C@@H](C)C12CC(=O)[N-]2.[W].[Y]. The summed E-state index contributed by atoms with van der Waals surface area (Å²) in [6.45, 7) is 7.62. The number of ether oxygens (including phenoxy) is 1. The molecule has 1 radical (unpaired) electrons. The van der Waals surface area contributed by atoms with E-state index in [9.17, 15) is 4.79 Å². The van der Waals surface area contributed by atoms with Crippen LogP contribution >= 0.6 is 0 Å². The van der Waals surface area contributed by atoms with Gasteiger partial charge in [0, 0.05) is 53.8 Å². The van der Waals surface area contributed by atoms with E-state index in [0.717, 1.165) is 13.0 Å². The van der Waals surface area contributed by atoms with Crippen molar-refractivity contribution in [2.45, 2.75) is 44.8 Å². The molecule has 1 saturated carbocycles. The van der Waals surface area contributed by atoms with E-state index in [1.54, 1.807) is 0 Å². The maximum Gasteiger partial charge on any atom is 0.0946 e. The Morgan fingerprint density at radius 3 is 2.24 bits per heavy atom. The molecule has 0 aromatic rings. The van der Waals surface area contributed by atoms with E-state index in [1.165, 1.54) is 0 Å². The molecule has 0 bridgehead atoms. The largest absolute Gasteiger partial charge is 0.647 e. The van der Waals surface area contributed by atoms with Gasteiger partial charge in [0.05, 0.1) is 18.1 Å². The summed E-state index contributed by atoms with van der Waals surface area (Å²) in [4.78, 5) is 11.1. The van der Waals surface area contributed by atoms with E-state index >= 15 is 0 Å². The van der Waals surface area contributed by atoms with E-state index in [4.69, 9.17) is 4.74 Å². The van der Waals surface area contributed by atoms with Crippen LogP contribution in [0.25, 0.3) is 5.32 Å². The first-order valence-corrected chi connectivity index (χ1v) is 5.90. The Morgan fingerprint density at radius 2 is 1.82 bits per heavy atom. The average molecular weight is 481 g/mol. The zero-order valence-corrected chi connectivity index (χ0v) is 16.4. The van der Waals surface area contributed by atoms with E-state index in [-0.39, 0.29) is 70.8 Å². The predicted octanol–water partition coefficient (Wildman–Crippen LogP) is 2.11. The topological polar surface area (TPSA) is 43.7 Å². The minimum Gasteiger partial charge on any atom is -0.647 e. The van der Waals surface area contributed by atoms with E-state index in [0.29, 0.717) is 24.2 Å². The molecular weight excluding hydrogens is 463 g/mol. The fourth-order valence-electron chi connectivity index (χ4n) is 3.70. The second kappa shape index (κ2) is 4.96. The van der Waals surface area contributed by atoms with Gasteiger partial charge in [-0.2, -0.15) is 0 Å². The molecule has 5 atom stereocenters. The van der Waals surface area contributed by atoms with E-state index in [1.807, 2.05) is 0 Å². The Labute approximate surface area is 142 Å². The van der Waals surface area contributed by atoms with Crippen LogP contribution in [0.15, 0.2) is 0 Å². The van der Waals surface area contributed by atoms with Crippen molar-refractivity contribution in [2.24, 2.45) is 17.8 Å². The van der Waals surface area contributed by atoms with Gasteiger partial charge in [-0.05, 0) is 24.7 Å². The second-order valence-corrected chi connectivity index (χ2v) is 5.71. The first-order valence-electron chi connectivity index (χ1n) is 5.90. The van der Waals surface area contributed by atoms with E-state index in [2.05, 4.69) is 26.1 Å². The number of epoxide rings is 1. The maximum atomic E-state index is 11.1. The monoisotopic (exact) mass is 481 g/mol. The van der Waals surface area contributed by atoms with Gasteiger partial charge in [-0.3, -0.25) is 0 Å². The van der Waals surface area contributed by atoms with Gasteiger partial charge in [0.2, 0.25) is 0 Å². The van der Waals surface area contributed by atoms with Crippen LogP contribution in [0.1, 0.15) is 33.6 Å². The molecule has 2 heterocycles. The molecule has 0 aromatic carbocycles. The summed E-state index contributed by atoms with van der Waals surface area (Å²) in [5.74, 6) is 1.59. The van der Waals surface area contributed by atoms with Crippen LogP contribution in [0.3, 0.4) is 0 Å². The molecule has 5 heteroatoms. The minimum atomic E-state index is -0.0479. The number of β-lactam (4-membered cyclic amide) rings is 1. The van der Waals surface area contributed by atoms with Crippen LogP contribution in [0.5, 0.6) is 0 Å². The average Bonchev–Trinajstić information content (AvgIpc) is 2.89. The molecule has 3 fully saturated rings. The molecule has 1 amide bonds. The molecule has 3 aliphatic rings. The molecule has 0 N–H and O–H groups in total. The fraction of sp³-hybridized carbons (Fsp3) is 0.917. The standard InChI is InChI=1S/C12H19NO2.W.Y/c1-7-4-11(6-15-11)8(2)9(3)12(7)5-10(14)13-12;;/h7-9H,4-6H2,1-3H3,(H,13,14);;/p-1/t7?,8-,9+,11-,12?;;/m0../s1. The normalized spacial score (nSPS) is 51.0. The zero-order valence-electron chi connectivity index (χ0n) is 10.6. The molecule has 2 aliphatic heterocycles. The van der Waals surface area contributed by atoms with Gasteiger partial charge in [-0.1, -0.05) is 32.2 Å². The van der Waals surface area contributed by atoms with Crippen molar-refractivity contribution >= 4 is 5.91 Å².